The number of nitrogens with one attached hydrogen (secondary N) is 1. The second kappa shape index (κ2) is 6.79. The van der Waals surface area contributed by atoms with Gasteiger partial charge in [-0.05, 0) is 50.3 Å². The lowest BCUT2D eigenvalue weighted by Crippen LogP contribution is -2.48. The van der Waals surface area contributed by atoms with Crippen LogP contribution in [0.2, 0.25) is 5.02 Å². The molecule has 3 nitrogen and oxygen atoms in total. The van der Waals surface area contributed by atoms with Gasteiger partial charge >= 0.3 is 0 Å². The van der Waals surface area contributed by atoms with E-state index in [-0.39, 0.29) is 24.4 Å². The molecule has 3 N–H and O–H groups in total. The third-order valence-electron chi connectivity index (χ3n) is 3.90. The van der Waals surface area contributed by atoms with Gasteiger partial charge in [-0.2, -0.15) is 0 Å². The molecule has 1 amide bonds. The van der Waals surface area contributed by atoms with E-state index in [1.807, 2.05) is 38.1 Å². The van der Waals surface area contributed by atoms with E-state index in [1.165, 1.54) is 12.8 Å². The zero-order chi connectivity index (χ0) is 14.0. The van der Waals surface area contributed by atoms with Crippen molar-refractivity contribution >= 4 is 29.9 Å². The quantitative estimate of drug-likeness (QED) is 0.877. The van der Waals surface area contributed by atoms with Gasteiger partial charge in [-0.3, -0.25) is 4.79 Å². The first-order chi connectivity index (χ1) is 8.95. The van der Waals surface area contributed by atoms with E-state index in [4.69, 9.17) is 17.3 Å². The molecule has 1 aromatic carbocycles. The van der Waals surface area contributed by atoms with Crippen molar-refractivity contribution in [3.8, 4) is 0 Å². The molecule has 20 heavy (non-hydrogen) atoms. The number of amides is 1. The summed E-state index contributed by atoms with van der Waals surface area (Å²) < 4.78 is 0. The molecular formula is C15H22Cl2N2O. The van der Waals surface area contributed by atoms with Crippen LogP contribution in [0.25, 0.3) is 0 Å². The van der Waals surface area contributed by atoms with Crippen molar-refractivity contribution in [1.82, 2.24) is 5.32 Å². The van der Waals surface area contributed by atoms with Crippen molar-refractivity contribution in [2.24, 2.45) is 11.7 Å². The molecule has 1 aliphatic rings. The molecule has 0 radical (unpaired) electrons. The Labute approximate surface area is 131 Å². The van der Waals surface area contributed by atoms with Crippen LogP contribution in [0.15, 0.2) is 24.3 Å². The number of rotatable bonds is 5. The molecule has 5 heteroatoms. The molecule has 2 rings (SSSR count). The average Bonchev–Trinajstić information content (AvgIpc) is 3.20. The Hall–Kier alpha value is -0.770. The lowest BCUT2D eigenvalue weighted by atomic mass is 9.83. The van der Waals surface area contributed by atoms with Gasteiger partial charge < -0.3 is 11.1 Å². The predicted molar refractivity (Wildman–Crippen MR) is 85.4 cm³/mol. The molecule has 0 aromatic heterocycles. The molecule has 0 bridgehead atoms. The highest BCUT2D eigenvalue weighted by atomic mass is 35.5. The van der Waals surface area contributed by atoms with Crippen LogP contribution in [0.4, 0.5) is 0 Å². The van der Waals surface area contributed by atoms with E-state index in [2.05, 4.69) is 5.32 Å². The van der Waals surface area contributed by atoms with Crippen molar-refractivity contribution < 1.29 is 4.79 Å². The highest BCUT2D eigenvalue weighted by Gasteiger charge is 2.36. The molecule has 112 valence electrons. The predicted octanol–water partition coefficient (Wildman–Crippen LogP) is 2.89. The summed E-state index contributed by atoms with van der Waals surface area (Å²) in [5, 5.41) is 3.76. The number of benzene rings is 1. The summed E-state index contributed by atoms with van der Waals surface area (Å²) in [4.78, 5) is 12.5. The van der Waals surface area contributed by atoms with E-state index in [0.717, 1.165) is 5.56 Å². The van der Waals surface area contributed by atoms with Crippen molar-refractivity contribution in [2.45, 2.75) is 38.1 Å². The largest absolute Gasteiger partial charge is 0.351 e. The molecule has 1 fully saturated rings. The molecule has 1 unspecified atom stereocenters. The summed E-state index contributed by atoms with van der Waals surface area (Å²) in [6, 6.07) is 7.53. The maximum atomic E-state index is 12.5. The highest BCUT2D eigenvalue weighted by molar-refractivity contribution is 6.30. The van der Waals surface area contributed by atoms with Gasteiger partial charge in [0.1, 0.15) is 0 Å². The summed E-state index contributed by atoms with van der Waals surface area (Å²) in [7, 11) is 0. The fourth-order valence-corrected chi connectivity index (χ4v) is 2.34. The summed E-state index contributed by atoms with van der Waals surface area (Å²) in [5.74, 6) is 0.590. The monoisotopic (exact) mass is 316 g/mol. The molecule has 0 saturated heterocycles. The molecule has 1 aliphatic carbocycles. The van der Waals surface area contributed by atoms with Gasteiger partial charge in [-0.25, -0.2) is 0 Å². The minimum Gasteiger partial charge on any atom is -0.351 e. The van der Waals surface area contributed by atoms with Gasteiger partial charge in [0.2, 0.25) is 5.91 Å². The zero-order valence-electron chi connectivity index (χ0n) is 11.9. The van der Waals surface area contributed by atoms with Crippen molar-refractivity contribution in [2.75, 3.05) is 6.54 Å². The van der Waals surface area contributed by atoms with Gasteiger partial charge in [0.15, 0.2) is 0 Å². The van der Waals surface area contributed by atoms with Crippen molar-refractivity contribution in [3.05, 3.63) is 34.9 Å². The van der Waals surface area contributed by atoms with E-state index in [9.17, 15) is 4.79 Å². The van der Waals surface area contributed by atoms with Gasteiger partial charge in [0, 0.05) is 17.6 Å². The number of hydrogen-bond donors (Lipinski definition) is 2. The van der Waals surface area contributed by atoms with Crippen molar-refractivity contribution in [3.63, 3.8) is 0 Å². The maximum Gasteiger partial charge on any atom is 0.230 e. The van der Waals surface area contributed by atoms with Gasteiger partial charge in [0.05, 0.1) is 5.41 Å². The van der Waals surface area contributed by atoms with Crippen LogP contribution in [-0.2, 0) is 10.2 Å². The number of hydrogen-bond acceptors (Lipinski definition) is 2. The van der Waals surface area contributed by atoms with Gasteiger partial charge in [-0.15, -0.1) is 12.4 Å². The van der Waals surface area contributed by atoms with E-state index in [1.54, 1.807) is 0 Å². The SMILES string of the molecule is CC(C)(C(=O)NC(CN)C1CC1)c1ccc(Cl)cc1.Cl. The summed E-state index contributed by atoms with van der Waals surface area (Å²) in [6.45, 7) is 4.35. The average molecular weight is 317 g/mol. The van der Waals surface area contributed by atoms with Crippen LogP contribution in [0.3, 0.4) is 0 Å². The summed E-state index contributed by atoms with van der Waals surface area (Å²) in [5.41, 5.74) is 6.11. The molecule has 0 heterocycles. The number of halogens is 2. The third kappa shape index (κ3) is 3.87. The highest BCUT2D eigenvalue weighted by Crippen LogP contribution is 2.33. The standard InChI is InChI=1S/C15H21ClN2O.ClH/c1-15(2,11-5-7-12(16)8-6-11)14(19)18-13(9-17)10-3-4-10;/h5-8,10,13H,3-4,9,17H2,1-2H3,(H,18,19);1H. The zero-order valence-corrected chi connectivity index (χ0v) is 13.4. The smallest absolute Gasteiger partial charge is 0.230 e. The fourth-order valence-electron chi connectivity index (χ4n) is 2.21. The Kier molecular flexibility index (Phi) is 5.87. The lowest BCUT2D eigenvalue weighted by molar-refractivity contribution is -0.126. The minimum absolute atomic E-state index is 0. The molecule has 1 atom stereocenters. The molecular weight excluding hydrogens is 295 g/mol. The van der Waals surface area contributed by atoms with Gasteiger partial charge in [0.25, 0.3) is 0 Å². The van der Waals surface area contributed by atoms with Crippen LogP contribution < -0.4 is 11.1 Å². The van der Waals surface area contributed by atoms with Crippen LogP contribution in [0.1, 0.15) is 32.3 Å². The lowest BCUT2D eigenvalue weighted by Gasteiger charge is -2.27. The van der Waals surface area contributed by atoms with Crippen LogP contribution in [0.5, 0.6) is 0 Å². The van der Waals surface area contributed by atoms with Gasteiger partial charge in [-0.1, -0.05) is 23.7 Å². The molecule has 1 saturated carbocycles. The second-order valence-corrected chi connectivity index (χ2v) is 6.22. The topological polar surface area (TPSA) is 55.1 Å². The normalized spacial score (nSPS) is 16.2. The summed E-state index contributed by atoms with van der Waals surface area (Å²) >= 11 is 5.88. The minimum atomic E-state index is -0.576. The van der Waals surface area contributed by atoms with Crippen LogP contribution in [-0.4, -0.2) is 18.5 Å². The first-order valence-electron chi connectivity index (χ1n) is 6.72. The molecule has 1 aromatic rings. The van der Waals surface area contributed by atoms with Crippen LogP contribution >= 0.6 is 24.0 Å². The maximum absolute atomic E-state index is 12.5. The third-order valence-corrected chi connectivity index (χ3v) is 4.15. The second-order valence-electron chi connectivity index (χ2n) is 5.78. The number of carbonyl (C=O) groups is 1. The molecule has 0 aliphatic heterocycles. The van der Waals surface area contributed by atoms with Crippen LogP contribution in [0, 0.1) is 5.92 Å². The Balaban J connectivity index is 0.00000200. The first-order valence-corrected chi connectivity index (χ1v) is 7.10. The van der Waals surface area contributed by atoms with E-state index in [0.29, 0.717) is 17.5 Å². The number of nitrogens with two attached hydrogens (primary N) is 1. The fraction of sp³-hybridized carbons (Fsp3) is 0.533. The summed E-state index contributed by atoms with van der Waals surface area (Å²) in [6.07, 6.45) is 2.34. The van der Waals surface area contributed by atoms with E-state index < -0.39 is 5.41 Å². The van der Waals surface area contributed by atoms with E-state index >= 15 is 0 Å². The number of carbonyl (C=O) groups excluding carboxylic acids is 1. The Morgan fingerprint density at radius 2 is 1.95 bits per heavy atom. The van der Waals surface area contributed by atoms with Crippen molar-refractivity contribution in [1.29, 1.82) is 0 Å². The Morgan fingerprint density at radius 3 is 2.40 bits per heavy atom. The Morgan fingerprint density at radius 1 is 1.40 bits per heavy atom. The Bertz CT molecular complexity index is 455. The first kappa shape index (κ1) is 17.3. The molecule has 0 spiro atoms.